The van der Waals surface area contributed by atoms with Gasteiger partial charge in [0.25, 0.3) is 0 Å². The number of hydrogen-bond acceptors (Lipinski definition) is 2. The van der Waals surface area contributed by atoms with Crippen LogP contribution in [-0.2, 0) is 0 Å². The molecule has 1 saturated carbocycles. The molecule has 2 heteroatoms. The zero-order chi connectivity index (χ0) is 11.1. The molecule has 0 unspecified atom stereocenters. The maximum Gasteiger partial charge on any atom is 0.0369 e. The molecule has 0 saturated heterocycles. The number of rotatable bonds is 3. The molecule has 0 aliphatic heterocycles. The lowest BCUT2D eigenvalue weighted by Crippen LogP contribution is -2.37. The summed E-state index contributed by atoms with van der Waals surface area (Å²) in [5.41, 5.74) is 10.1. The fraction of sp³-hybridized carbons (Fsp3) is 0.538. The first-order chi connectivity index (χ1) is 6.98. The molecule has 82 valence electrons. The van der Waals surface area contributed by atoms with Gasteiger partial charge in [-0.05, 0) is 49.9 Å². The third-order valence-electron chi connectivity index (χ3n) is 3.09. The van der Waals surface area contributed by atoms with Gasteiger partial charge < -0.3 is 10.6 Å². The van der Waals surface area contributed by atoms with Crippen LogP contribution in [0.1, 0.15) is 24.0 Å². The minimum atomic E-state index is 0.0897. The van der Waals surface area contributed by atoms with Crippen molar-refractivity contribution in [2.75, 3.05) is 18.5 Å². The van der Waals surface area contributed by atoms with Crippen LogP contribution in [0.5, 0.6) is 0 Å². The average Bonchev–Trinajstić information content (AvgIpc) is 2.81. The molecule has 2 nitrogen and oxygen atoms in total. The van der Waals surface area contributed by atoms with Crippen molar-refractivity contribution in [3.63, 3.8) is 0 Å². The second-order valence-electron chi connectivity index (χ2n) is 5.06. The van der Waals surface area contributed by atoms with Crippen LogP contribution < -0.4 is 10.6 Å². The molecule has 0 spiro atoms. The standard InChI is InChI=1S/C13H20N2/c1-10-6-11(2)8-12(7-10)15(3)9-13(14)4-5-13/h6-8H,4-5,9,14H2,1-3H3. The predicted octanol–water partition coefficient (Wildman–Crippen LogP) is 2.23. The van der Waals surface area contributed by atoms with Gasteiger partial charge in [0, 0.05) is 24.8 Å². The Balaban J connectivity index is 2.13. The van der Waals surface area contributed by atoms with Gasteiger partial charge in [-0.3, -0.25) is 0 Å². The minimum absolute atomic E-state index is 0.0897. The lowest BCUT2D eigenvalue weighted by Gasteiger charge is -2.23. The Morgan fingerprint density at radius 2 is 1.73 bits per heavy atom. The lowest BCUT2D eigenvalue weighted by atomic mass is 10.1. The minimum Gasteiger partial charge on any atom is -0.373 e. The van der Waals surface area contributed by atoms with Crippen molar-refractivity contribution in [2.24, 2.45) is 5.73 Å². The van der Waals surface area contributed by atoms with Crippen molar-refractivity contribution in [1.29, 1.82) is 0 Å². The van der Waals surface area contributed by atoms with E-state index in [9.17, 15) is 0 Å². The van der Waals surface area contributed by atoms with Crippen LogP contribution in [0, 0.1) is 13.8 Å². The molecule has 0 amide bonds. The van der Waals surface area contributed by atoms with E-state index < -0.39 is 0 Å². The Bertz CT molecular complexity index is 347. The highest BCUT2D eigenvalue weighted by Crippen LogP contribution is 2.34. The molecule has 0 atom stereocenters. The van der Waals surface area contributed by atoms with Crippen LogP contribution >= 0.6 is 0 Å². The fourth-order valence-electron chi connectivity index (χ4n) is 2.05. The summed E-state index contributed by atoms with van der Waals surface area (Å²) in [6.07, 6.45) is 2.34. The molecular formula is C13H20N2. The lowest BCUT2D eigenvalue weighted by molar-refractivity contribution is 0.660. The van der Waals surface area contributed by atoms with Gasteiger partial charge in [0.05, 0.1) is 0 Å². The summed E-state index contributed by atoms with van der Waals surface area (Å²) in [5, 5.41) is 0. The molecule has 0 radical (unpaired) electrons. The molecule has 15 heavy (non-hydrogen) atoms. The van der Waals surface area contributed by atoms with Gasteiger partial charge in [-0.25, -0.2) is 0 Å². The number of nitrogens with zero attached hydrogens (tertiary/aromatic N) is 1. The maximum atomic E-state index is 6.12. The van der Waals surface area contributed by atoms with Crippen molar-refractivity contribution in [2.45, 2.75) is 32.2 Å². The molecule has 1 aliphatic rings. The fourth-order valence-corrected chi connectivity index (χ4v) is 2.05. The predicted molar refractivity (Wildman–Crippen MR) is 65.3 cm³/mol. The van der Waals surface area contributed by atoms with Crippen molar-refractivity contribution < 1.29 is 0 Å². The average molecular weight is 204 g/mol. The summed E-state index contributed by atoms with van der Waals surface area (Å²) in [5.74, 6) is 0. The highest BCUT2D eigenvalue weighted by Gasteiger charge is 2.39. The highest BCUT2D eigenvalue weighted by molar-refractivity contribution is 5.50. The van der Waals surface area contributed by atoms with Crippen molar-refractivity contribution in [3.8, 4) is 0 Å². The van der Waals surface area contributed by atoms with Gasteiger partial charge in [-0.1, -0.05) is 6.07 Å². The summed E-state index contributed by atoms with van der Waals surface area (Å²) in [6, 6.07) is 6.64. The number of likely N-dealkylation sites (N-methyl/N-ethyl adjacent to an activating group) is 1. The van der Waals surface area contributed by atoms with Crippen LogP contribution in [0.15, 0.2) is 18.2 Å². The smallest absolute Gasteiger partial charge is 0.0369 e. The monoisotopic (exact) mass is 204 g/mol. The number of benzene rings is 1. The molecule has 0 heterocycles. The Labute approximate surface area is 92.1 Å². The van der Waals surface area contributed by atoms with E-state index in [0.717, 1.165) is 6.54 Å². The maximum absolute atomic E-state index is 6.12. The zero-order valence-electron chi connectivity index (χ0n) is 9.88. The van der Waals surface area contributed by atoms with Gasteiger partial charge in [-0.2, -0.15) is 0 Å². The molecule has 1 fully saturated rings. The summed E-state index contributed by atoms with van der Waals surface area (Å²) < 4.78 is 0. The Kier molecular flexibility index (Phi) is 2.47. The quantitative estimate of drug-likeness (QED) is 0.818. The molecule has 1 aliphatic carbocycles. The molecule has 0 bridgehead atoms. The second-order valence-corrected chi connectivity index (χ2v) is 5.06. The van der Waals surface area contributed by atoms with Crippen LogP contribution in [-0.4, -0.2) is 19.1 Å². The van der Waals surface area contributed by atoms with Crippen LogP contribution in [0.3, 0.4) is 0 Å². The molecule has 2 rings (SSSR count). The first kappa shape index (κ1) is 10.5. The molecular weight excluding hydrogens is 184 g/mol. The largest absolute Gasteiger partial charge is 0.373 e. The van der Waals surface area contributed by atoms with Gasteiger partial charge in [0.1, 0.15) is 0 Å². The third-order valence-corrected chi connectivity index (χ3v) is 3.09. The molecule has 2 N–H and O–H groups in total. The first-order valence-corrected chi connectivity index (χ1v) is 5.57. The van der Waals surface area contributed by atoms with Crippen molar-refractivity contribution in [1.82, 2.24) is 0 Å². The van der Waals surface area contributed by atoms with Crippen molar-refractivity contribution >= 4 is 5.69 Å². The van der Waals surface area contributed by atoms with E-state index in [-0.39, 0.29) is 5.54 Å². The normalized spacial score (nSPS) is 17.6. The van der Waals surface area contributed by atoms with Crippen molar-refractivity contribution in [3.05, 3.63) is 29.3 Å². The number of hydrogen-bond donors (Lipinski definition) is 1. The van der Waals surface area contributed by atoms with E-state index in [1.807, 2.05) is 0 Å². The van der Waals surface area contributed by atoms with Crippen LogP contribution in [0.2, 0.25) is 0 Å². The summed E-state index contributed by atoms with van der Waals surface area (Å²) >= 11 is 0. The SMILES string of the molecule is Cc1cc(C)cc(N(C)CC2(N)CC2)c1. The van der Waals surface area contributed by atoms with Gasteiger partial charge >= 0.3 is 0 Å². The Morgan fingerprint density at radius 3 is 2.20 bits per heavy atom. The topological polar surface area (TPSA) is 29.3 Å². The Hall–Kier alpha value is -1.02. The van der Waals surface area contributed by atoms with Crippen LogP contribution in [0.25, 0.3) is 0 Å². The third kappa shape index (κ3) is 2.51. The van der Waals surface area contributed by atoms with Gasteiger partial charge in [-0.15, -0.1) is 0 Å². The van der Waals surface area contributed by atoms with E-state index in [0.29, 0.717) is 0 Å². The Morgan fingerprint density at radius 1 is 1.20 bits per heavy atom. The van der Waals surface area contributed by atoms with E-state index in [2.05, 4.69) is 44.0 Å². The number of aryl methyl sites for hydroxylation is 2. The molecule has 1 aromatic carbocycles. The second kappa shape index (κ2) is 3.53. The molecule has 0 aromatic heterocycles. The number of nitrogens with two attached hydrogens (primary N) is 1. The van der Waals surface area contributed by atoms with E-state index >= 15 is 0 Å². The summed E-state index contributed by atoms with van der Waals surface area (Å²) in [4.78, 5) is 2.27. The molecule has 1 aromatic rings. The van der Waals surface area contributed by atoms with Gasteiger partial charge in [0.15, 0.2) is 0 Å². The summed E-state index contributed by atoms with van der Waals surface area (Å²) in [6.45, 7) is 5.25. The number of anilines is 1. The highest BCUT2D eigenvalue weighted by atomic mass is 15.1. The van der Waals surface area contributed by atoms with E-state index in [1.54, 1.807) is 0 Å². The zero-order valence-corrected chi connectivity index (χ0v) is 9.88. The summed E-state index contributed by atoms with van der Waals surface area (Å²) in [7, 11) is 2.13. The van der Waals surface area contributed by atoms with E-state index in [1.165, 1.54) is 29.7 Å². The van der Waals surface area contributed by atoms with Crippen LogP contribution in [0.4, 0.5) is 5.69 Å². The first-order valence-electron chi connectivity index (χ1n) is 5.57. The van der Waals surface area contributed by atoms with Gasteiger partial charge in [0.2, 0.25) is 0 Å². The van der Waals surface area contributed by atoms with E-state index in [4.69, 9.17) is 5.73 Å².